The van der Waals surface area contributed by atoms with Crippen LogP contribution in [0.3, 0.4) is 0 Å². The van der Waals surface area contributed by atoms with Crippen LogP contribution in [0.25, 0.3) is 22.5 Å². The lowest BCUT2D eigenvalue weighted by atomic mass is 10.1. The largest absolute Gasteiger partial charge is 0.352 e. The highest BCUT2D eigenvalue weighted by Gasteiger charge is 2.22. The van der Waals surface area contributed by atoms with Crippen LogP contribution < -0.4 is 10.5 Å². The van der Waals surface area contributed by atoms with Crippen LogP contribution in [0.5, 0.6) is 0 Å². The summed E-state index contributed by atoms with van der Waals surface area (Å²) in [5, 5.41) is 8.69. The number of anilines is 1. The lowest BCUT2D eigenvalue weighted by Gasteiger charge is -2.35. The maximum Gasteiger partial charge on any atom is 0.254 e. The van der Waals surface area contributed by atoms with Crippen LogP contribution in [-0.4, -0.2) is 61.7 Å². The SMILES string of the molecule is O=C(Cn1cnc(-c2ccccc2)cc1=O)N1CCN(c2ccc(-c3ccncc3)nn2)CC1. The Hall–Kier alpha value is -4.40. The molecule has 5 rings (SSSR count). The Kier molecular flexibility index (Phi) is 6.07. The summed E-state index contributed by atoms with van der Waals surface area (Å²) in [4.78, 5) is 37.6. The normalized spacial score (nSPS) is 13.6. The molecule has 0 radical (unpaired) electrons. The molecular formula is C25H23N7O2. The Labute approximate surface area is 196 Å². The number of hydrogen-bond donors (Lipinski definition) is 0. The first-order valence-corrected chi connectivity index (χ1v) is 11.1. The van der Waals surface area contributed by atoms with Gasteiger partial charge in [-0.2, -0.15) is 0 Å². The van der Waals surface area contributed by atoms with Gasteiger partial charge in [0.05, 0.1) is 17.7 Å². The minimum absolute atomic E-state index is 0.0265. The summed E-state index contributed by atoms with van der Waals surface area (Å²) in [7, 11) is 0. The van der Waals surface area contributed by atoms with E-state index >= 15 is 0 Å². The van der Waals surface area contributed by atoms with Gasteiger partial charge in [-0.15, -0.1) is 10.2 Å². The van der Waals surface area contributed by atoms with Crippen LogP contribution in [0.1, 0.15) is 0 Å². The summed E-state index contributed by atoms with van der Waals surface area (Å²) in [6.45, 7) is 2.37. The van der Waals surface area contributed by atoms with Gasteiger partial charge in [-0.3, -0.25) is 19.1 Å². The fourth-order valence-electron chi connectivity index (χ4n) is 3.91. The second-order valence-electron chi connectivity index (χ2n) is 7.99. The van der Waals surface area contributed by atoms with Crippen molar-refractivity contribution in [1.29, 1.82) is 0 Å². The molecule has 34 heavy (non-hydrogen) atoms. The van der Waals surface area contributed by atoms with Gasteiger partial charge in [0.25, 0.3) is 5.56 Å². The molecule has 1 amide bonds. The second-order valence-corrected chi connectivity index (χ2v) is 7.99. The van der Waals surface area contributed by atoms with E-state index in [1.807, 2.05) is 54.6 Å². The molecule has 4 aromatic rings. The van der Waals surface area contributed by atoms with Crippen LogP contribution in [0.2, 0.25) is 0 Å². The lowest BCUT2D eigenvalue weighted by Crippen LogP contribution is -2.50. The van der Waals surface area contributed by atoms with Gasteiger partial charge in [0, 0.05) is 55.8 Å². The van der Waals surface area contributed by atoms with Crippen molar-refractivity contribution in [3.05, 3.63) is 89.7 Å². The molecule has 1 aliphatic heterocycles. The summed E-state index contributed by atoms with van der Waals surface area (Å²) in [6.07, 6.45) is 4.89. The first-order valence-electron chi connectivity index (χ1n) is 11.1. The third-order valence-corrected chi connectivity index (χ3v) is 5.84. The van der Waals surface area contributed by atoms with E-state index in [0.29, 0.717) is 31.9 Å². The van der Waals surface area contributed by atoms with Crippen molar-refractivity contribution in [3.63, 3.8) is 0 Å². The summed E-state index contributed by atoms with van der Waals surface area (Å²) in [6, 6.07) is 18.6. The van der Waals surface area contributed by atoms with Gasteiger partial charge in [-0.25, -0.2) is 4.98 Å². The second kappa shape index (κ2) is 9.62. The van der Waals surface area contributed by atoms with Gasteiger partial charge < -0.3 is 9.80 Å². The Bertz CT molecular complexity index is 1320. The van der Waals surface area contributed by atoms with Crippen LogP contribution in [0.15, 0.2) is 84.2 Å². The first kappa shape index (κ1) is 21.4. The van der Waals surface area contributed by atoms with Crippen molar-refractivity contribution < 1.29 is 4.79 Å². The van der Waals surface area contributed by atoms with E-state index < -0.39 is 0 Å². The number of amides is 1. The maximum atomic E-state index is 12.8. The van der Waals surface area contributed by atoms with Gasteiger partial charge in [0.1, 0.15) is 6.54 Å². The van der Waals surface area contributed by atoms with Crippen molar-refractivity contribution in [3.8, 4) is 22.5 Å². The van der Waals surface area contributed by atoms with Gasteiger partial charge >= 0.3 is 0 Å². The molecule has 4 heterocycles. The molecule has 1 fully saturated rings. The zero-order chi connectivity index (χ0) is 23.3. The van der Waals surface area contributed by atoms with E-state index in [1.54, 1.807) is 17.3 Å². The van der Waals surface area contributed by atoms with Crippen LogP contribution in [0.4, 0.5) is 5.82 Å². The Balaban J connectivity index is 1.18. The van der Waals surface area contributed by atoms with Gasteiger partial charge in [-0.1, -0.05) is 30.3 Å². The molecule has 1 aliphatic rings. The number of carbonyl (C=O) groups is 1. The van der Waals surface area contributed by atoms with Crippen LogP contribution in [-0.2, 0) is 11.3 Å². The number of piperazine rings is 1. The topological polar surface area (TPSA) is 97.1 Å². The first-order chi connectivity index (χ1) is 16.7. The molecule has 1 aromatic carbocycles. The third kappa shape index (κ3) is 4.68. The van der Waals surface area contributed by atoms with Gasteiger partial charge in [0.2, 0.25) is 5.91 Å². The minimum Gasteiger partial charge on any atom is -0.352 e. The number of pyridine rings is 1. The molecule has 1 saturated heterocycles. The summed E-state index contributed by atoms with van der Waals surface area (Å²) in [5.74, 6) is 0.678. The lowest BCUT2D eigenvalue weighted by molar-refractivity contribution is -0.132. The Morgan fingerprint density at radius 1 is 0.824 bits per heavy atom. The minimum atomic E-state index is -0.245. The molecule has 3 aromatic heterocycles. The number of carbonyl (C=O) groups excluding carboxylic acids is 1. The number of nitrogens with zero attached hydrogens (tertiary/aromatic N) is 7. The monoisotopic (exact) mass is 453 g/mol. The molecule has 0 bridgehead atoms. The van der Waals surface area contributed by atoms with Crippen molar-refractivity contribution in [2.24, 2.45) is 0 Å². The number of benzene rings is 1. The van der Waals surface area contributed by atoms with E-state index in [4.69, 9.17) is 0 Å². The molecule has 170 valence electrons. The molecule has 0 saturated carbocycles. The highest BCUT2D eigenvalue weighted by Crippen LogP contribution is 2.19. The van der Waals surface area contributed by atoms with Crippen LogP contribution >= 0.6 is 0 Å². The standard InChI is InChI=1S/C25H23N7O2/c33-24-16-22(19-4-2-1-3-5-19)27-18-32(24)17-25(34)31-14-12-30(13-15-31)23-7-6-21(28-29-23)20-8-10-26-11-9-20/h1-11,16,18H,12-15,17H2. The van der Waals surface area contributed by atoms with Crippen LogP contribution in [0, 0.1) is 0 Å². The van der Waals surface area contributed by atoms with Gasteiger partial charge in [-0.05, 0) is 24.3 Å². The van der Waals surface area contributed by atoms with Crippen molar-refractivity contribution in [2.75, 3.05) is 31.1 Å². The maximum absolute atomic E-state index is 12.8. The number of aromatic nitrogens is 5. The third-order valence-electron chi connectivity index (χ3n) is 5.84. The quantitative estimate of drug-likeness (QED) is 0.457. The van der Waals surface area contributed by atoms with Crippen molar-refractivity contribution >= 4 is 11.7 Å². The zero-order valence-corrected chi connectivity index (χ0v) is 18.5. The van der Waals surface area contributed by atoms with E-state index in [-0.39, 0.29) is 18.0 Å². The van der Waals surface area contributed by atoms with Crippen molar-refractivity contribution in [1.82, 2.24) is 29.6 Å². The fraction of sp³-hybridized carbons (Fsp3) is 0.200. The van der Waals surface area contributed by atoms with E-state index in [0.717, 1.165) is 22.6 Å². The molecule has 0 atom stereocenters. The number of rotatable bonds is 5. The van der Waals surface area contributed by atoms with E-state index in [1.165, 1.54) is 17.0 Å². The zero-order valence-electron chi connectivity index (χ0n) is 18.5. The summed E-state index contributed by atoms with van der Waals surface area (Å²) in [5.41, 5.74) is 2.97. The predicted octanol–water partition coefficient (Wildman–Crippen LogP) is 2.11. The Morgan fingerprint density at radius 2 is 1.56 bits per heavy atom. The predicted molar refractivity (Wildman–Crippen MR) is 128 cm³/mol. The van der Waals surface area contributed by atoms with Crippen molar-refractivity contribution in [2.45, 2.75) is 6.54 Å². The van der Waals surface area contributed by atoms with Gasteiger partial charge in [0.15, 0.2) is 5.82 Å². The van der Waals surface area contributed by atoms with E-state index in [2.05, 4.69) is 25.1 Å². The molecule has 0 aliphatic carbocycles. The highest BCUT2D eigenvalue weighted by molar-refractivity contribution is 5.76. The smallest absolute Gasteiger partial charge is 0.254 e. The number of hydrogen-bond acceptors (Lipinski definition) is 7. The van der Waals surface area contributed by atoms with E-state index in [9.17, 15) is 9.59 Å². The highest BCUT2D eigenvalue weighted by atomic mass is 16.2. The Morgan fingerprint density at radius 3 is 2.24 bits per heavy atom. The fourth-order valence-corrected chi connectivity index (χ4v) is 3.91. The molecule has 0 unspecified atom stereocenters. The molecule has 0 N–H and O–H groups in total. The summed E-state index contributed by atoms with van der Waals surface area (Å²) >= 11 is 0. The molecule has 9 nitrogen and oxygen atoms in total. The average Bonchev–Trinajstić information content (AvgIpc) is 2.91. The average molecular weight is 454 g/mol. The summed E-state index contributed by atoms with van der Waals surface area (Å²) < 4.78 is 1.35. The molecular weight excluding hydrogens is 430 g/mol. The molecule has 9 heteroatoms. The molecule has 0 spiro atoms.